The summed E-state index contributed by atoms with van der Waals surface area (Å²) in [4.78, 5) is 15.0. The van der Waals surface area contributed by atoms with Crippen LogP contribution in [0.25, 0.3) is 5.65 Å². The van der Waals surface area contributed by atoms with Crippen molar-refractivity contribution in [2.45, 2.75) is 32.4 Å². The first kappa shape index (κ1) is 14.4. The van der Waals surface area contributed by atoms with E-state index in [0.717, 1.165) is 12.1 Å². The molecule has 2 aromatic rings. The number of carbonyl (C=O) groups is 1. The molecule has 7 heteroatoms. The number of rotatable bonds is 3. The van der Waals surface area contributed by atoms with E-state index < -0.39 is 17.7 Å². The molecule has 0 atom stereocenters. The quantitative estimate of drug-likeness (QED) is 0.943. The van der Waals surface area contributed by atoms with Gasteiger partial charge in [-0.05, 0) is 18.1 Å². The van der Waals surface area contributed by atoms with Crippen LogP contribution in [-0.2, 0) is 17.4 Å². The molecule has 0 bridgehead atoms. The molecule has 0 amide bonds. The second-order valence-electron chi connectivity index (χ2n) is 4.81. The van der Waals surface area contributed by atoms with Crippen LogP contribution in [-0.4, -0.2) is 20.5 Å². The highest BCUT2D eigenvalue weighted by Crippen LogP contribution is 2.31. The van der Waals surface area contributed by atoms with E-state index in [9.17, 15) is 18.0 Å². The number of nitrogens with zero attached hydrogens (tertiary/aromatic N) is 2. The van der Waals surface area contributed by atoms with Crippen molar-refractivity contribution >= 4 is 11.6 Å². The van der Waals surface area contributed by atoms with Crippen LogP contribution < -0.4 is 0 Å². The van der Waals surface area contributed by atoms with Gasteiger partial charge in [-0.25, -0.2) is 4.98 Å². The third-order valence-corrected chi connectivity index (χ3v) is 2.95. The van der Waals surface area contributed by atoms with Gasteiger partial charge in [0.25, 0.3) is 0 Å². The van der Waals surface area contributed by atoms with E-state index in [0.29, 0.717) is 11.4 Å². The largest absolute Gasteiger partial charge is 0.481 e. The number of imidazole rings is 1. The fourth-order valence-electron chi connectivity index (χ4n) is 2.07. The number of pyridine rings is 1. The first-order chi connectivity index (χ1) is 9.20. The van der Waals surface area contributed by atoms with Crippen LogP contribution in [0.5, 0.6) is 0 Å². The van der Waals surface area contributed by atoms with Gasteiger partial charge in [0.2, 0.25) is 0 Å². The van der Waals surface area contributed by atoms with Gasteiger partial charge < -0.3 is 9.51 Å². The summed E-state index contributed by atoms with van der Waals surface area (Å²) in [5.74, 6) is -1.12. The van der Waals surface area contributed by atoms with Gasteiger partial charge in [0.1, 0.15) is 5.65 Å². The standard InChI is InChI=1S/C13H13F3N2O2/c1-7(2)12-9(6-11(19)20)18-4-3-8(13(14,15)16)5-10(18)17-12/h3-5,7H,6H2,1-2H3,(H,19,20). The summed E-state index contributed by atoms with van der Waals surface area (Å²) in [7, 11) is 0. The fourth-order valence-corrected chi connectivity index (χ4v) is 2.07. The minimum absolute atomic E-state index is 0.0708. The van der Waals surface area contributed by atoms with Gasteiger partial charge in [-0.1, -0.05) is 13.8 Å². The van der Waals surface area contributed by atoms with Crippen LogP contribution in [0.15, 0.2) is 18.3 Å². The topological polar surface area (TPSA) is 54.6 Å². The summed E-state index contributed by atoms with van der Waals surface area (Å²) in [6, 6.07) is 1.85. The Kier molecular flexibility index (Phi) is 3.45. The van der Waals surface area contributed by atoms with Gasteiger partial charge in [-0.15, -0.1) is 0 Å². The smallest absolute Gasteiger partial charge is 0.416 e. The molecule has 0 saturated carbocycles. The molecule has 2 aromatic heterocycles. The first-order valence-corrected chi connectivity index (χ1v) is 6.00. The highest BCUT2D eigenvalue weighted by atomic mass is 19.4. The van der Waals surface area contributed by atoms with Crippen molar-refractivity contribution < 1.29 is 23.1 Å². The average molecular weight is 286 g/mol. The highest BCUT2D eigenvalue weighted by molar-refractivity contribution is 5.70. The number of hydrogen-bond donors (Lipinski definition) is 1. The van der Waals surface area contributed by atoms with Crippen LogP contribution >= 0.6 is 0 Å². The van der Waals surface area contributed by atoms with E-state index in [1.807, 2.05) is 13.8 Å². The Bertz CT molecular complexity index is 659. The summed E-state index contributed by atoms with van der Waals surface area (Å²) >= 11 is 0. The predicted octanol–water partition coefficient (Wildman–Crippen LogP) is 3.10. The van der Waals surface area contributed by atoms with Gasteiger partial charge in [0, 0.05) is 6.20 Å². The Labute approximate surface area is 112 Å². The van der Waals surface area contributed by atoms with Gasteiger partial charge in [-0.2, -0.15) is 13.2 Å². The number of carboxylic acids is 1. The number of aromatic nitrogens is 2. The fraction of sp³-hybridized carbons (Fsp3) is 0.385. The summed E-state index contributed by atoms with van der Waals surface area (Å²) in [6.07, 6.45) is -3.51. The molecule has 2 heterocycles. The molecule has 0 fully saturated rings. The second kappa shape index (κ2) is 4.81. The zero-order valence-electron chi connectivity index (χ0n) is 10.9. The Morgan fingerprint density at radius 1 is 1.45 bits per heavy atom. The van der Waals surface area contributed by atoms with Crippen LogP contribution in [0.2, 0.25) is 0 Å². The monoisotopic (exact) mass is 286 g/mol. The van der Waals surface area contributed by atoms with Crippen molar-refractivity contribution in [3.05, 3.63) is 35.3 Å². The number of alkyl halides is 3. The Morgan fingerprint density at radius 2 is 2.10 bits per heavy atom. The predicted molar refractivity (Wildman–Crippen MR) is 65.6 cm³/mol. The van der Waals surface area contributed by atoms with Crippen molar-refractivity contribution in [1.82, 2.24) is 9.38 Å². The number of aliphatic carboxylic acids is 1. The lowest BCUT2D eigenvalue weighted by Crippen LogP contribution is -2.08. The Morgan fingerprint density at radius 3 is 2.60 bits per heavy atom. The molecule has 20 heavy (non-hydrogen) atoms. The Balaban J connectivity index is 2.64. The SMILES string of the molecule is CC(C)c1nc2cc(C(F)(F)F)ccn2c1CC(=O)O. The Hall–Kier alpha value is -2.05. The van der Waals surface area contributed by atoms with Crippen molar-refractivity contribution in [2.75, 3.05) is 0 Å². The van der Waals surface area contributed by atoms with E-state index in [4.69, 9.17) is 5.11 Å². The van der Waals surface area contributed by atoms with Crippen LogP contribution in [0, 0.1) is 0 Å². The minimum atomic E-state index is -4.45. The van der Waals surface area contributed by atoms with E-state index >= 15 is 0 Å². The molecule has 0 spiro atoms. The van der Waals surface area contributed by atoms with E-state index in [-0.39, 0.29) is 18.0 Å². The summed E-state index contributed by atoms with van der Waals surface area (Å²) in [6.45, 7) is 3.63. The summed E-state index contributed by atoms with van der Waals surface area (Å²) in [5.41, 5.74) is 0.231. The second-order valence-corrected chi connectivity index (χ2v) is 4.81. The molecule has 0 saturated heterocycles. The molecule has 0 aromatic carbocycles. The van der Waals surface area contributed by atoms with Crippen molar-refractivity contribution in [3.63, 3.8) is 0 Å². The van der Waals surface area contributed by atoms with Crippen LogP contribution in [0.3, 0.4) is 0 Å². The van der Waals surface area contributed by atoms with Gasteiger partial charge >= 0.3 is 12.1 Å². The van der Waals surface area contributed by atoms with Crippen LogP contribution in [0.1, 0.15) is 36.7 Å². The molecule has 108 valence electrons. The molecule has 0 radical (unpaired) electrons. The maximum Gasteiger partial charge on any atom is 0.416 e. The van der Waals surface area contributed by atoms with E-state index in [2.05, 4.69) is 4.98 Å². The lowest BCUT2D eigenvalue weighted by atomic mass is 10.1. The third kappa shape index (κ3) is 2.61. The lowest BCUT2D eigenvalue weighted by Gasteiger charge is -2.07. The molecular formula is C13H13F3N2O2. The minimum Gasteiger partial charge on any atom is -0.481 e. The van der Waals surface area contributed by atoms with Gasteiger partial charge in [0.15, 0.2) is 0 Å². The van der Waals surface area contributed by atoms with Crippen molar-refractivity contribution in [3.8, 4) is 0 Å². The lowest BCUT2D eigenvalue weighted by molar-refractivity contribution is -0.138. The summed E-state index contributed by atoms with van der Waals surface area (Å²) in [5, 5.41) is 8.91. The molecule has 0 unspecified atom stereocenters. The van der Waals surface area contributed by atoms with Crippen molar-refractivity contribution in [1.29, 1.82) is 0 Å². The molecular weight excluding hydrogens is 273 g/mol. The molecule has 1 N–H and O–H groups in total. The average Bonchev–Trinajstić information content (AvgIpc) is 2.65. The maximum absolute atomic E-state index is 12.7. The van der Waals surface area contributed by atoms with Crippen molar-refractivity contribution in [2.24, 2.45) is 0 Å². The zero-order chi connectivity index (χ0) is 15.1. The number of carboxylic acid groups (broad SMARTS) is 1. The first-order valence-electron chi connectivity index (χ1n) is 6.00. The molecule has 0 aliphatic heterocycles. The van der Waals surface area contributed by atoms with Crippen LogP contribution in [0.4, 0.5) is 13.2 Å². The van der Waals surface area contributed by atoms with E-state index in [1.54, 1.807) is 0 Å². The van der Waals surface area contributed by atoms with Gasteiger partial charge in [-0.3, -0.25) is 4.79 Å². The number of fused-ring (bicyclic) bond motifs is 1. The maximum atomic E-state index is 12.7. The molecule has 0 aliphatic carbocycles. The molecule has 4 nitrogen and oxygen atoms in total. The van der Waals surface area contributed by atoms with Gasteiger partial charge in [0.05, 0.1) is 23.4 Å². The number of hydrogen-bond acceptors (Lipinski definition) is 2. The normalized spacial score (nSPS) is 12.3. The third-order valence-electron chi connectivity index (χ3n) is 2.95. The van der Waals surface area contributed by atoms with E-state index in [1.165, 1.54) is 10.6 Å². The number of halogens is 3. The summed E-state index contributed by atoms with van der Waals surface area (Å²) < 4.78 is 39.4. The molecule has 2 rings (SSSR count). The molecule has 0 aliphatic rings. The zero-order valence-corrected chi connectivity index (χ0v) is 10.9. The highest BCUT2D eigenvalue weighted by Gasteiger charge is 2.31.